The van der Waals surface area contributed by atoms with Gasteiger partial charge < -0.3 is 5.32 Å². The van der Waals surface area contributed by atoms with Crippen LogP contribution in [0.4, 0.5) is 10.1 Å². The van der Waals surface area contributed by atoms with E-state index in [1.165, 1.54) is 23.3 Å². The molecule has 21 heavy (non-hydrogen) atoms. The summed E-state index contributed by atoms with van der Waals surface area (Å²) < 4.78 is 12.8. The molecule has 0 aliphatic carbocycles. The van der Waals surface area contributed by atoms with Crippen LogP contribution in [0.2, 0.25) is 0 Å². The highest BCUT2D eigenvalue weighted by molar-refractivity contribution is 7.99. The third kappa shape index (κ3) is 4.60. The number of carbonyl (C=O) groups excluding carboxylic acids is 1. The molecule has 110 valence electrons. The number of thioether (sulfide) groups is 1. The predicted octanol–water partition coefficient (Wildman–Crippen LogP) is 4.39. The van der Waals surface area contributed by atoms with Gasteiger partial charge in [-0.2, -0.15) is 0 Å². The second-order valence-corrected chi connectivity index (χ2v) is 6.20. The van der Waals surface area contributed by atoms with Gasteiger partial charge in [0.25, 0.3) is 0 Å². The van der Waals surface area contributed by atoms with E-state index in [0.29, 0.717) is 5.69 Å². The first kappa shape index (κ1) is 15.6. The lowest BCUT2D eigenvalue weighted by molar-refractivity contribution is -0.115. The van der Waals surface area contributed by atoms with Crippen LogP contribution in [-0.4, -0.2) is 11.2 Å². The maximum absolute atomic E-state index is 12.8. The van der Waals surface area contributed by atoms with Gasteiger partial charge in [0, 0.05) is 11.4 Å². The lowest BCUT2D eigenvalue weighted by Gasteiger charge is -2.13. The van der Waals surface area contributed by atoms with Crippen LogP contribution in [0.3, 0.4) is 0 Å². The lowest BCUT2D eigenvalue weighted by Crippen LogP contribution is -2.22. The summed E-state index contributed by atoms with van der Waals surface area (Å²) in [7, 11) is 0. The van der Waals surface area contributed by atoms with Crippen molar-refractivity contribution in [2.75, 3.05) is 5.32 Å². The van der Waals surface area contributed by atoms with E-state index in [4.69, 9.17) is 0 Å². The molecule has 1 amide bonds. The van der Waals surface area contributed by atoms with E-state index >= 15 is 0 Å². The summed E-state index contributed by atoms with van der Waals surface area (Å²) in [6.07, 6.45) is 0. The van der Waals surface area contributed by atoms with Crippen LogP contribution in [0, 0.1) is 12.7 Å². The van der Waals surface area contributed by atoms with Gasteiger partial charge in [-0.1, -0.05) is 24.3 Å². The first-order valence-corrected chi connectivity index (χ1v) is 7.83. The molecule has 4 heteroatoms. The second kappa shape index (κ2) is 7.27. The standard InChI is InChI=1S/C17H18FNOS/c1-12-5-3-4-6-14(12)11-21-13(2)17(20)19-16-9-7-15(18)8-10-16/h3-10,13H,11H2,1-2H3,(H,19,20)/t13-/m1/s1. The molecule has 2 nitrogen and oxygen atoms in total. The van der Waals surface area contributed by atoms with Crippen molar-refractivity contribution in [2.45, 2.75) is 24.9 Å². The summed E-state index contributed by atoms with van der Waals surface area (Å²) in [5.41, 5.74) is 3.09. The van der Waals surface area contributed by atoms with Gasteiger partial charge in [0.05, 0.1) is 5.25 Å². The van der Waals surface area contributed by atoms with Crippen molar-refractivity contribution in [3.63, 3.8) is 0 Å². The molecule has 2 rings (SSSR count). The Morgan fingerprint density at radius 3 is 2.52 bits per heavy atom. The number of rotatable bonds is 5. The number of carbonyl (C=O) groups is 1. The number of halogens is 1. The third-order valence-electron chi connectivity index (χ3n) is 3.23. The molecular formula is C17H18FNOS. The van der Waals surface area contributed by atoms with Crippen LogP contribution in [0.25, 0.3) is 0 Å². The molecule has 0 spiro atoms. The van der Waals surface area contributed by atoms with Crippen molar-refractivity contribution in [2.24, 2.45) is 0 Å². The first-order valence-electron chi connectivity index (χ1n) is 6.79. The van der Waals surface area contributed by atoms with Gasteiger partial charge in [0.1, 0.15) is 5.82 Å². The lowest BCUT2D eigenvalue weighted by atomic mass is 10.1. The molecule has 0 saturated heterocycles. The normalized spacial score (nSPS) is 12.0. The molecule has 0 fully saturated rings. The zero-order valence-corrected chi connectivity index (χ0v) is 12.9. The van der Waals surface area contributed by atoms with Crippen molar-refractivity contribution in [1.29, 1.82) is 0 Å². The fourth-order valence-corrected chi connectivity index (χ4v) is 2.80. The highest BCUT2D eigenvalue weighted by Gasteiger charge is 2.14. The molecular weight excluding hydrogens is 285 g/mol. The monoisotopic (exact) mass is 303 g/mol. The van der Waals surface area contributed by atoms with Gasteiger partial charge in [-0.3, -0.25) is 4.79 Å². The molecule has 0 bridgehead atoms. The smallest absolute Gasteiger partial charge is 0.237 e. The molecule has 2 aromatic carbocycles. The molecule has 0 radical (unpaired) electrons. The molecule has 1 N–H and O–H groups in total. The first-order chi connectivity index (χ1) is 10.1. The number of benzene rings is 2. The third-order valence-corrected chi connectivity index (χ3v) is 4.42. The maximum atomic E-state index is 12.8. The number of anilines is 1. The van der Waals surface area contributed by atoms with Crippen molar-refractivity contribution in [3.05, 3.63) is 65.5 Å². The van der Waals surface area contributed by atoms with Crippen LogP contribution in [0.1, 0.15) is 18.1 Å². The Bertz CT molecular complexity index is 612. The Morgan fingerprint density at radius 2 is 1.86 bits per heavy atom. The van der Waals surface area contributed by atoms with E-state index in [0.717, 1.165) is 5.75 Å². The Labute approximate surface area is 128 Å². The molecule has 0 aliphatic heterocycles. The van der Waals surface area contributed by atoms with Gasteiger partial charge in [0.15, 0.2) is 0 Å². The van der Waals surface area contributed by atoms with E-state index in [2.05, 4.69) is 24.4 Å². The second-order valence-electron chi connectivity index (χ2n) is 4.88. The van der Waals surface area contributed by atoms with Gasteiger partial charge in [-0.25, -0.2) is 4.39 Å². The molecule has 0 heterocycles. The number of hydrogen-bond acceptors (Lipinski definition) is 2. The SMILES string of the molecule is Cc1ccccc1CS[C@H](C)C(=O)Nc1ccc(F)cc1. The van der Waals surface area contributed by atoms with Gasteiger partial charge in [0.2, 0.25) is 5.91 Å². The summed E-state index contributed by atoms with van der Waals surface area (Å²) in [4.78, 5) is 12.1. The zero-order chi connectivity index (χ0) is 15.2. The van der Waals surface area contributed by atoms with E-state index < -0.39 is 0 Å². The van der Waals surface area contributed by atoms with Crippen LogP contribution < -0.4 is 5.32 Å². The Kier molecular flexibility index (Phi) is 5.39. The van der Waals surface area contributed by atoms with E-state index in [1.54, 1.807) is 23.9 Å². The topological polar surface area (TPSA) is 29.1 Å². The fourth-order valence-electron chi connectivity index (χ4n) is 1.84. The average Bonchev–Trinajstić information content (AvgIpc) is 2.48. The maximum Gasteiger partial charge on any atom is 0.237 e. The minimum absolute atomic E-state index is 0.0693. The van der Waals surface area contributed by atoms with Gasteiger partial charge in [-0.05, 0) is 49.2 Å². The number of nitrogens with one attached hydrogen (secondary N) is 1. The number of aryl methyl sites for hydroxylation is 1. The predicted molar refractivity (Wildman–Crippen MR) is 87.0 cm³/mol. The van der Waals surface area contributed by atoms with Gasteiger partial charge >= 0.3 is 0 Å². The van der Waals surface area contributed by atoms with E-state index in [9.17, 15) is 9.18 Å². The van der Waals surface area contributed by atoms with Gasteiger partial charge in [-0.15, -0.1) is 11.8 Å². The van der Waals surface area contributed by atoms with Crippen LogP contribution in [0.15, 0.2) is 48.5 Å². The summed E-state index contributed by atoms with van der Waals surface area (Å²) in [5.74, 6) is 0.417. The number of hydrogen-bond donors (Lipinski definition) is 1. The average molecular weight is 303 g/mol. The minimum atomic E-state index is -0.310. The Morgan fingerprint density at radius 1 is 1.19 bits per heavy atom. The van der Waals surface area contributed by atoms with Crippen molar-refractivity contribution in [1.82, 2.24) is 0 Å². The quantitative estimate of drug-likeness (QED) is 0.887. The zero-order valence-electron chi connectivity index (χ0n) is 12.1. The molecule has 0 aliphatic rings. The summed E-state index contributed by atoms with van der Waals surface area (Å²) in [5, 5.41) is 2.62. The van der Waals surface area contributed by atoms with Crippen LogP contribution >= 0.6 is 11.8 Å². The minimum Gasteiger partial charge on any atom is -0.325 e. The fraction of sp³-hybridized carbons (Fsp3) is 0.235. The summed E-state index contributed by atoms with van der Waals surface area (Å²) >= 11 is 1.59. The molecule has 2 aromatic rings. The Balaban J connectivity index is 1.88. The highest BCUT2D eigenvalue weighted by Crippen LogP contribution is 2.21. The molecule has 0 aromatic heterocycles. The van der Waals surface area contributed by atoms with Crippen LogP contribution in [0.5, 0.6) is 0 Å². The van der Waals surface area contributed by atoms with Crippen molar-refractivity contribution < 1.29 is 9.18 Å². The van der Waals surface area contributed by atoms with Crippen molar-refractivity contribution >= 4 is 23.4 Å². The highest BCUT2D eigenvalue weighted by atomic mass is 32.2. The molecule has 0 unspecified atom stereocenters. The van der Waals surface area contributed by atoms with Crippen LogP contribution in [-0.2, 0) is 10.5 Å². The molecule has 0 saturated carbocycles. The largest absolute Gasteiger partial charge is 0.325 e. The van der Waals surface area contributed by atoms with E-state index in [1.807, 2.05) is 19.1 Å². The summed E-state index contributed by atoms with van der Waals surface area (Å²) in [6.45, 7) is 3.95. The van der Waals surface area contributed by atoms with E-state index in [-0.39, 0.29) is 17.0 Å². The Hall–Kier alpha value is -1.81. The number of amides is 1. The summed E-state index contributed by atoms with van der Waals surface area (Å²) in [6, 6.07) is 14.0. The molecule has 1 atom stereocenters. The van der Waals surface area contributed by atoms with Crippen molar-refractivity contribution in [3.8, 4) is 0 Å².